The number of hydrogen-bond donors (Lipinski definition) is 2. The van der Waals surface area contributed by atoms with E-state index in [2.05, 4.69) is 15.6 Å². The third-order valence-corrected chi connectivity index (χ3v) is 3.20. The van der Waals surface area contributed by atoms with Crippen molar-refractivity contribution in [2.24, 2.45) is 0 Å². The Labute approximate surface area is 95.8 Å². The minimum Gasteiger partial charge on any atom is -0.389 e. The van der Waals surface area contributed by atoms with Crippen LogP contribution in [0.2, 0.25) is 0 Å². The molecule has 1 aromatic heterocycles. The molecule has 0 radical (unpaired) electrons. The smallest absolute Gasteiger partial charge is 0.0771 e. The first-order valence-corrected chi connectivity index (χ1v) is 6.06. The number of aromatic nitrogens is 3. The van der Waals surface area contributed by atoms with Gasteiger partial charge in [0.25, 0.3) is 0 Å². The molecule has 1 aliphatic carbocycles. The van der Waals surface area contributed by atoms with Crippen LogP contribution < -0.4 is 5.32 Å². The standard InChI is InChI=1S/C11H20N4O/c16-11(4-1-2-5-11)10-12-6-3-8-15-9-7-13-14-15/h7,9,12,16H,1-6,8,10H2. The summed E-state index contributed by atoms with van der Waals surface area (Å²) in [6, 6.07) is 0. The first-order valence-electron chi connectivity index (χ1n) is 6.06. The fourth-order valence-electron chi connectivity index (χ4n) is 2.25. The summed E-state index contributed by atoms with van der Waals surface area (Å²) in [4.78, 5) is 0. The molecule has 1 aromatic rings. The van der Waals surface area contributed by atoms with Crippen LogP contribution in [-0.4, -0.2) is 38.8 Å². The zero-order chi connectivity index (χ0) is 11.3. The lowest BCUT2D eigenvalue weighted by atomic mass is 10.0. The van der Waals surface area contributed by atoms with Crippen molar-refractivity contribution in [3.63, 3.8) is 0 Å². The molecule has 0 bridgehead atoms. The van der Waals surface area contributed by atoms with Crippen LogP contribution in [0.4, 0.5) is 0 Å². The highest BCUT2D eigenvalue weighted by molar-refractivity contribution is 4.86. The van der Waals surface area contributed by atoms with Crippen LogP contribution >= 0.6 is 0 Å². The van der Waals surface area contributed by atoms with Gasteiger partial charge in [-0.25, -0.2) is 0 Å². The molecule has 0 aliphatic heterocycles. The second kappa shape index (κ2) is 5.41. The minimum absolute atomic E-state index is 0.437. The van der Waals surface area contributed by atoms with Gasteiger partial charge in [0.2, 0.25) is 0 Å². The second-order valence-electron chi connectivity index (χ2n) is 4.63. The largest absolute Gasteiger partial charge is 0.389 e. The number of rotatable bonds is 6. The number of nitrogens with zero attached hydrogens (tertiary/aromatic N) is 3. The second-order valence-corrected chi connectivity index (χ2v) is 4.63. The molecule has 1 heterocycles. The van der Waals surface area contributed by atoms with Crippen LogP contribution in [0.15, 0.2) is 12.4 Å². The summed E-state index contributed by atoms with van der Waals surface area (Å²) in [5.74, 6) is 0. The third-order valence-electron chi connectivity index (χ3n) is 3.20. The van der Waals surface area contributed by atoms with E-state index in [1.807, 2.05) is 10.9 Å². The SMILES string of the molecule is OC1(CNCCCn2ccnn2)CCCC1. The van der Waals surface area contributed by atoms with Gasteiger partial charge in [0.05, 0.1) is 11.8 Å². The fraction of sp³-hybridized carbons (Fsp3) is 0.818. The lowest BCUT2D eigenvalue weighted by Gasteiger charge is -2.22. The molecule has 5 nitrogen and oxygen atoms in total. The summed E-state index contributed by atoms with van der Waals surface area (Å²) in [5, 5.41) is 21.0. The van der Waals surface area contributed by atoms with E-state index in [0.717, 1.165) is 51.7 Å². The Morgan fingerprint density at radius 2 is 2.19 bits per heavy atom. The van der Waals surface area contributed by atoms with Crippen molar-refractivity contribution in [2.75, 3.05) is 13.1 Å². The molecular weight excluding hydrogens is 204 g/mol. The lowest BCUT2D eigenvalue weighted by molar-refractivity contribution is 0.0478. The quantitative estimate of drug-likeness (QED) is 0.693. The van der Waals surface area contributed by atoms with Crippen LogP contribution in [0.25, 0.3) is 0 Å². The molecule has 0 saturated heterocycles. The molecule has 1 aliphatic rings. The molecule has 0 atom stereocenters. The van der Waals surface area contributed by atoms with Gasteiger partial charge in [-0.3, -0.25) is 4.68 Å². The predicted octanol–water partition coefficient (Wildman–Crippen LogP) is 0.563. The average Bonchev–Trinajstić information content (AvgIpc) is 2.89. The number of aryl methyl sites for hydroxylation is 1. The van der Waals surface area contributed by atoms with Gasteiger partial charge in [-0.05, 0) is 25.8 Å². The van der Waals surface area contributed by atoms with Crippen LogP contribution in [0.5, 0.6) is 0 Å². The number of aliphatic hydroxyl groups is 1. The van der Waals surface area contributed by atoms with E-state index in [0.29, 0.717) is 0 Å². The molecule has 0 aromatic carbocycles. The topological polar surface area (TPSA) is 63.0 Å². The molecule has 2 rings (SSSR count). The molecule has 1 saturated carbocycles. The van der Waals surface area contributed by atoms with Gasteiger partial charge < -0.3 is 10.4 Å². The molecule has 2 N–H and O–H groups in total. The van der Waals surface area contributed by atoms with Crippen molar-refractivity contribution in [1.82, 2.24) is 20.3 Å². The maximum Gasteiger partial charge on any atom is 0.0771 e. The lowest BCUT2D eigenvalue weighted by Crippen LogP contribution is -2.38. The van der Waals surface area contributed by atoms with E-state index in [1.165, 1.54) is 0 Å². The molecule has 0 spiro atoms. The van der Waals surface area contributed by atoms with Gasteiger partial charge in [0.15, 0.2) is 0 Å². The maximum absolute atomic E-state index is 10.1. The van der Waals surface area contributed by atoms with Crippen LogP contribution in [-0.2, 0) is 6.54 Å². The Kier molecular flexibility index (Phi) is 3.90. The Morgan fingerprint density at radius 3 is 2.88 bits per heavy atom. The van der Waals surface area contributed by atoms with Gasteiger partial charge in [-0.15, -0.1) is 5.10 Å². The number of nitrogens with one attached hydrogen (secondary N) is 1. The fourth-order valence-corrected chi connectivity index (χ4v) is 2.25. The van der Waals surface area contributed by atoms with Crippen LogP contribution in [0, 0.1) is 0 Å². The maximum atomic E-state index is 10.1. The monoisotopic (exact) mass is 224 g/mol. The van der Waals surface area contributed by atoms with Crippen molar-refractivity contribution in [3.8, 4) is 0 Å². The third kappa shape index (κ3) is 3.28. The highest BCUT2D eigenvalue weighted by atomic mass is 16.3. The zero-order valence-electron chi connectivity index (χ0n) is 9.60. The Morgan fingerprint density at radius 1 is 1.38 bits per heavy atom. The van der Waals surface area contributed by atoms with Crippen molar-refractivity contribution < 1.29 is 5.11 Å². The molecule has 0 unspecified atom stereocenters. The van der Waals surface area contributed by atoms with E-state index in [9.17, 15) is 5.11 Å². The summed E-state index contributed by atoms with van der Waals surface area (Å²) in [6.45, 7) is 2.53. The molecule has 90 valence electrons. The van der Waals surface area contributed by atoms with Crippen LogP contribution in [0.3, 0.4) is 0 Å². The van der Waals surface area contributed by atoms with E-state index in [-0.39, 0.29) is 0 Å². The molecule has 1 fully saturated rings. The van der Waals surface area contributed by atoms with Gasteiger partial charge in [0.1, 0.15) is 0 Å². The molecular formula is C11H20N4O. The number of hydrogen-bond acceptors (Lipinski definition) is 4. The predicted molar refractivity (Wildman–Crippen MR) is 60.9 cm³/mol. The molecule has 5 heteroatoms. The van der Waals surface area contributed by atoms with Crippen molar-refractivity contribution >= 4 is 0 Å². The highest BCUT2D eigenvalue weighted by Crippen LogP contribution is 2.28. The van der Waals surface area contributed by atoms with E-state index in [1.54, 1.807) is 6.20 Å². The average molecular weight is 224 g/mol. The van der Waals surface area contributed by atoms with Crippen molar-refractivity contribution in [2.45, 2.75) is 44.2 Å². The summed E-state index contributed by atoms with van der Waals surface area (Å²) in [7, 11) is 0. The molecule has 0 amide bonds. The van der Waals surface area contributed by atoms with E-state index < -0.39 is 5.60 Å². The highest BCUT2D eigenvalue weighted by Gasteiger charge is 2.30. The van der Waals surface area contributed by atoms with Crippen LogP contribution in [0.1, 0.15) is 32.1 Å². The van der Waals surface area contributed by atoms with Crippen molar-refractivity contribution in [3.05, 3.63) is 12.4 Å². The van der Waals surface area contributed by atoms with E-state index in [4.69, 9.17) is 0 Å². The molecule has 16 heavy (non-hydrogen) atoms. The first kappa shape index (κ1) is 11.5. The minimum atomic E-state index is -0.437. The first-order chi connectivity index (χ1) is 7.79. The summed E-state index contributed by atoms with van der Waals surface area (Å²) in [6.07, 6.45) is 8.79. The van der Waals surface area contributed by atoms with Gasteiger partial charge in [-0.1, -0.05) is 18.1 Å². The summed E-state index contributed by atoms with van der Waals surface area (Å²) < 4.78 is 1.83. The van der Waals surface area contributed by atoms with E-state index >= 15 is 0 Å². The Hall–Kier alpha value is -0.940. The Bertz CT molecular complexity index is 293. The van der Waals surface area contributed by atoms with Gasteiger partial charge >= 0.3 is 0 Å². The zero-order valence-corrected chi connectivity index (χ0v) is 9.60. The summed E-state index contributed by atoms with van der Waals surface area (Å²) in [5.41, 5.74) is -0.437. The van der Waals surface area contributed by atoms with Crippen molar-refractivity contribution in [1.29, 1.82) is 0 Å². The van der Waals surface area contributed by atoms with Gasteiger partial charge in [-0.2, -0.15) is 0 Å². The summed E-state index contributed by atoms with van der Waals surface area (Å²) >= 11 is 0. The normalized spacial score (nSPS) is 19.1. The van der Waals surface area contributed by atoms with Gasteiger partial charge in [0, 0.05) is 19.3 Å². The Balaban J connectivity index is 1.55.